The number of aliphatic hydroxyl groups excluding tert-OH is 1. The van der Waals surface area contributed by atoms with Crippen LogP contribution in [0.5, 0.6) is 0 Å². The Morgan fingerprint density at radius 1 is 1.43 bits per heavy atom. The molecule has 1 aliphatic rings. The van der Waals surface area contributed by atoms with E-state index in [1.54, 1.807) is 0 Å². The molecule has 0 saturated heterocycles. The van der Waals surface area contributed by atoms with Gasteiger partial charge in [0.25, 0.3) is 0 Å². The molecule has 0 radical (unpaired) electrons. The number of aliphatic hydroxyl groups is 1. The minimum Gasteiger partial charge on any atom is -0.394 e. The Morgan fingerprint density at radius 2 is 2.05 bits per heavy atom. The summed E-state index contributed by atoms with van der Waals surface area (Å²) in [7, 11) is -3.85. The van der Waals surface area contributed by atoms with E-state index in [-0.39, 0.29) is 16.5 Å². The van der Waals surface area contributed by atoms with Crippen LogP contribution in [0.15, 0.2) is 23.1 Å². The molecule has 7 heteroatoms. The highest BCUT2D eigenvalue weighted by Gasteiger charge is 2.37. The first-order chi connectivity index (χ1) is 9.78. The lowest BCUT2D eigenvalue weighted by Gasteiger charge is -2.38. The molecule has 0 atom stereocenters. The number of nitrogens with one attached hydrogen (secondary N) is 1. The SMILES string of the molecule is CC1CCC(CO)(NS(=O)(=O)c2ccc(F)c(Cl)c2)CC1. The molecule has 2 rings (SSSR count). The first-order valence-electron chi connectivity index (χ1n) is 6.88. The fourth-order valence-corrected chi connectivity index (χ4v) is 4.32. The van der Waals surface area contributed by atoms with E-state index in [1.807, 2.05) is 0 Å². The van der Waals surface area contributed by atoms with Gasteiger partial charge in [-0.05, 0) is 49.8 Å². The Hall–Kier alpha value is -0.690. The predicted molar refractivity (Wildman–Crippen MR) is 79.2 cm³/mol. The molecule has 0 bridgehead atoms. The van der Waals surface area contributed by atoms with E-state index in [0.717, 1.165) is 25.0 Å². The van der Waals surface area contributed by atoms with Crippen molar-refractivity contribution in [3.8, 4) is 0 Å². The van der Waals surface area contributed by atoms with Gasteiger partial charge >= 0.3 is 0 Å². The van der Waals surface area contributed by atoms with Crippen LogP contribution >= 0.6 is 11.6 Å². The van der Waals surface area contributed by atoms with Crippen molar-refractivity contribution in [2.24, 2.45) is 5.92 Å². The summed E-state index contributed by atoms with van der Waals surface area (Å²) in [5.41, 5.74) is -0.841. The highest BCUT2D eigenvalue weighted by Crippen LogP contribution is 2.33. The summed E-state index contributed by atoms with van der Waals surface area (Å²) in [4.78, 5) is -0.0969. The maximum Gasteiger partial charge on any atom is 0.241 e. The number of hydrogen-bond acceptors (Lipinski definition) is 3. The van der Waals surface area contributed by atoms with Crippen LogP contribution < -0.4 is 4.72 Å². The zero-order chi connectivity index (χ0) is 15.7. The molecular formula is C14H19ClFNO3S. The lowest BCUT2D eigenvalue weighted by Crippen LogP contribution is -2.53. The molecule has 0 unspecified atom stereocenters. The van der Waals surface area contributed by atoms with Gasteiger partial charge in [0.15, 0.2) is 0 Å². The Labute approximate surface area is 129 Å². The second-order valence-corrected chi connectivity index (χ2v) is 7.89. The average molecular weight is 336 g/mol. The van der Waals surface area contributed by atoms with Crippen LogP contribution in [0.1, 0.15) is 32.6 Å². The third-order valence-electron chi connectivity index (χ3n) is 4.09. The molecule has 1 saturated carbocycles. The molecule has 0 amide bonds. The quantitative estimate of drug-likeness (QED) is 0.889. The van der Waals surface area contributed by atoms with Crippen molar-refractivity contribution >= 4 is 21.6 Å². The van der Waals surface area contributed by atoms with Crippen molar-refractivity contribution < 1.29 is 17.9 Å². The van der Waals surface area contributed by atoms with Crippen LogP contribution in [0.4, 0.5) is 4.39 Å². The maximum atomic E-state index is 13.1. The highest BCUT2D eigenvalue weighted by atomic mass is 35.5. The van der Waals surface area contributed by atoms with Gasteiger partial charge < -0.3 is 5.11 Å². The van der Waals surface area contributed by atoms with E-state index >= 15 is 0 Å². The first kappa shape index (κ1) is 16.7. The van der Waals surface area contributed by atoms with Crippen molar-refractivity contribution in [2.45, 2.75) is 43.0 Å². The third-order valence-corrected chi connectivity index (χ3v) is 5.95. The number of rotatable bonds is 4. The van der Waals surface area contributed by atoms with Crippen molar-refractivity contribution in [3.63, 3.8) is 0 Å². The van der Waals surface area contributed by atoms with Gasteiger partial charge in [-0.15, -0.1) is 0 Å². The molecular weight excluding hydrogens is 317 g/mol. The first-order valence-corrected chi connectivity index (χ1v) is 8.74. The second-order valence-electron chi connectivity index (χ2n) is 5.80. The molecule has 118 valence electrons. The van der Waals surface area contributed by atoms with Crippen LogP contribution in [0.2, 0.25) is 5.02 Å². The summed E-state index contributed by atoms with van der Waals surface area (Å²) < 4.78 is 40.5. The number of hydrogen-bond donors (Lipinski definition) is 2. The molecule has 1 fully saturated rings. The summed E-state index contributed by atoms with van der Waals surface area (Å²) in [6.45, 7) is 1.85. The van der Waals surface area contributed by atoms with Crippen LogP contribution in [-0.4, -0.2) is 25.7 Å². The highest BCUT2D eigenvalue weighted by molar-refractivity contribution is 7.89. The summed E-state index contributed by atoms with van der Waals surface area (Å²) in [5.74, 6) is -0.145. The van der Waals surface area contributed by atoms with Gasteiger partial charge in [0.1, 0.15) is 5.82 Å². The van der Waals surface area contributed by atoms with Crippen molar-refractivity contribution in [1.29, 1.82) is 0 Å². The van der Waals surface area contributed by atoms with E-state index in [4.69, 9.17) is 11.6 Å². The van der Waals surface area contributed by atoms with Gasteiger partial charge in [0.05, 0.1) is 22.1 Å². The van der Waals surface area contributed by atoms with E-state index < -0.39 is 21.4 Å². The molecule has 0 aliphatic heterocycles. The summed E-state index contributed by atoms with van der Waals surface area (Å²) in [5, 5.41) is 9.38. The topological polar surface area (TPSA) is 66.4 Å². The Morgan fingerprint density at radius 3 is 2.57 bits per heavy atom. The normalized spacial score (nSPS) is 26.8. The summed E-state index contributed by atoms with van der Waals surface area (Å²) in [6, 6.07) is 3.27. The Bertz CT molecular complexity index is 613. The Balaban J connectivity index is 2.25. The van der Waals surface area contributed by atoms with Crippen LogP contribution in [-0.2, 0) is 10.0 Å². The van der Waals surface area contributed by atoms with Gasteiger partial charge in [0, 0.05) is 0 Å². The minimum atomic E-state index is -3.85. The molecule has 1 aromatic rings. The van der Waals surface area contributed by atoms with Gasteiger partial charge in [-0.1, -0.05) is 18.5 Å². The fourth-order valence-electron chi connectivity index (χ4n) is 2.60. The molecule has 1 aliphatic carbocycles. The summed E-state index contributed by atoms with van der Waals surface area (Å²) >= 11 is 5.63. The molecule has 21 heavy (non-hydrogen) atoms. The van der Waals surface area contributed by atoms with Crippen molar-refractivity contribution in [2.75, 3.05) is 6.61 Å². The lowest BCUT2D eigenvalue weighted by molar-refractivity contribution is 0.125. The van der Waals surface area contributed by atoms with E-state index in [0.29, 0.717) is 18.8 Å². The summed E-state index contributed by atoms with van der Waals surface area (Å²) in [6.07, 6.45) is 2.87. The van der Waals surface area contributed by atoms with Gasteiger partial charge in [0.2, 0.25) is 10.0 Å². The van der Waals surface area contributed by atoms with E-state index in [9.17, 15) is 17.9 Å². The Kier molecular flexibility index (Phi) is 4.92. The smallest absolute Gasteiger partial charge is 0.241 e. The average Bonchev–Trinajstić information content (AvgIpc) is 2.44. The maximum absolute atomic E-state index is 13.1. The predicted octanol–water partition coefficient (Wildman–Crippen LogP) is 2.70. The van der Waals surface area contributed by atoms with Crippen molar-refractivity contribution in [3.05, 3.63) is 29.0 Å². The monoisotopic (exact) mass is 335 g/mol. The number of halogens is 2. The molecule has 0 aromatic heterocycles. The van der Waals surface area contributed by atoms with Gasteiger partial charge in [-0.25, -0.2) is 17.5 Å². The fraction of sp³-hybridized carbons (Fsp3) is 0.571. The minimum absolute atomic E-state index is 0.0969. The second kappa shape index (κ2) is 6.20. The van der Waals surface area contributed by atoms with Crippen LogP contribution in [0, 0.1) is 11.7 Å². The van der Waals surface area contributed by atoms with Crippen molar-refractivity contribution in [1.82, 2.24) is 4.72 Å². The molecule has 1 aromatic carbocycles. The lowest BCUT2D eigenvalue weighted by atomic mass is 9.78. The van der Waals surface area contributed by atoms with E-state index in [1.165, 1.54) is 6.07 Å². The van der Waals surface area contributed by atoms with E-state index in [2.05, 4.69) is 11.6 Å². The molecule has 2 N–H and O–H groups in total. The van der Waals surface area contributed by atoms with Gasteiger partial charge in [-0.2, -0.15) is 0 Å². The molecule has 0 spiro atoms. The molecule has 0 heterocycles. The third kappa shape index (κ3) is 3.74. The van der Waals surface area contributed by atoms with Gasteiger partial charge in [-0.3, -0.25) is 0 Å². The van der Waals surface area contributed by atoms with Crippen LogP contribution in [0.25, 0.3) is 0 Å². The number of sulfonamides is 1. The zero-order valence-electron chi connectivity index (χ0n) is 11.8. The molecule has 4 nitrogen and oxygen atoms in total. The largest absolute Gasteiger partial charge is 0.394 e. The standard InChI is InChI=1S/C14H19ClFNO3S/c1-10-4-6-14(9-18,7-5-10)17-21(19,20)11-2-3-13(16)12(15)8-11/h2-3,8,10,17-18H,4-7,9H2,1H3. The zero-order valence-corrected chi connectivity index (χ0v) is 13.3. The van der Waals surface area contributed by atoms with Crippen LogP contribution in [0.3, 0.4) is 0 Å². The number of benzene rings is 1.